The Balaban J connectivity index is 3.01. The minimum absolute atomic E-state index is 0.0324. The lowest BCUT2D eigenvalue weighted by Gasteiger charge is -2.09. The van der Waals surface area contributed by atoms with Crippen LogP contribution in [-0.4, -0.2) is 35.2 Å². The number of carboxylic acid groups (broad SMARTS) is 1. The predicted molar refractivity (Wildman–Crippen MR) is 81.1 cm³/mol. The van der Waals surface area contributed by atoms with E-state index in [0.717, 1.165) is 18.2 Å². The lowest BCUT2D eigenvalue weighted by molar-refractivity contribution is -0.387. The van der Waals surface area contributed by atoms with Crippen molar-refractivity contribution in [1.82, 2.24) is 0 Å². The first-order valence-electron chi connectivity index (χ1n) is 7.02. The van der Waals surface area contributed by atoms with Gasteiger partial charge in [-0.25, -0.2) is 4.79 Å². The minimum Gasteiger partial charge on any atom is -0.493 e. The molecule has 24 heavy (non-hydrogen) atoms. The van der Waals surface area contributed by atoms with Crippen LogP contribution in [0.4, 0.5) is 10.1 Å². The molecule has 0 amide bonds. The van der Waals surface area contributed by atoms with E-state index in [0.29, 0.717) is 0 Å². The molecule has 1 rings (SSSR count). The van der Waals surface area contributed by atoms with E-state index in [1.54, 1.807) is 6.92 Å². The third-order valence-electron chi connectivity index (χ3n) is 2.75. The van der Waals surface area contributed by atoms with Crippen LogP contribution >= 0.6 is 0 Å². The van der Waals surface area contributed by atoms with Gasteiger partial charge in [-0.1, -0.05) is 0 Å². The molecule has 0 saturated heterocycles. The van der Waals surface area contributed by atoms with Crippen molar-refractivity contribution in [3.63, 3.8) is 0 Å². The number of nitrogens with zero attached hydrogens (tertiary/aromatic N) is 1. The molecule has 8 nitrogen and oxygen atoms in total. The SMILES string of the molecule is CCOC(=O)C=Cc1cc(F)c([N+](=O)[O-])cc1OCCCC(=O)O. The van der Waals surface area contributed by atoms with Crippen molar-refractivity contribution in [1.29, 1.82) is 0 Å². The molecule has 0 saturated carbocycles. The molecule has 0 bridgehead atoms. The smallest absolute Gasteiger partial charge is 0.330 e. The fourth-order valence-corrected chi connectivity index (χ4v) is 1.71. The van der Waals surface area contributed by atoms with Gasteiger partial charge in [-0.15, -0.1) is 0 Å². The van der Waals surface area contributed by atoms with Crippen LogP contribution < -0.4 is 4.74 Å². The average Bonchev–Trinajstić information content (AvgIpc) is 2.50. The van der Waals surface area contributed by atoms with Crippen molar-refractivity contribution in [2.24, 2.45) is 0 Å². The highest BCUT2D eigenvalue weighted by atomic mass is 19.1. The number of carbonyl (C=O) groups excluding carboxylic acids is 1. The highest BCUT2D eigenvalue weighted by Gasteiger charge is 2.18. The zero-order valence-electron chi connectivity index (χ0n) is 12.9. The van der Waals surface area contributed by atoms with Crippen LogP contribution in [0.3, 0.4) is 0 Å². The van der Waals surface area contributed by atoms with Crippen molar-refractivity contribution in [3.05, 3.63) is 39.7 Å². The van der Waals surface area contributed by atoms with Gasteiger partial charge >= 0.3 is 17.6 Å². The molecule has 0 radical (unpaired) electrons. The Hall–Kier alpha value is -2.97. The Labute approximate surface area is 136 Å². The number of carbonyl (C=O) groups is 2. The fourth-order valence-electron chi connectivity index (χ4n) is 1.71. The second-order valence-corrected chi connectivity index (χ2v) is 4.53. The summed E-state index contributed by atoms with van der Waals surface area (Å²) in [5.41, 5.74) is -0.682. The Kier molecular flexibility index (Phi) is 7.34. The number of nitro groups is 1. The van der Waals surface area contributed by atoms with E-state index in [2.05, 4.69) is 4.74 Å². The maximum Gasteiger partial charge on any atom is 0.330 e. The van der Waals surface area contributed by atoms with E-state index in [-0.39, 0.29) is 37.4 Å². The van der Waals surface area contributed by atoms with Gasteiger partial charge in [-0.3, -0.25) is 14.9 Å². The second-order valence-electron chi connectivity index (χ2n) is 4.53. The van der Waals surface area contributed by atoms with Gasteiger partial charge in [0, 0.05) is 18.1 Å². The molecular formula is C15H16FNO7. The summed E-state index contributed by atoms with van der Waals surface area (Å²) in [4.78, 5) is 31.6. The summed E-state index contributed by atoms with van der Waals surface area (Å²) in [6.07, 6.45) is 2.27. The molecule has 0 aliphatic rings. The zero-order chi connectivity index (χ0) is 18.1. The summed E-state index contributed by atoms with van der Waals surface area (Å²) in [6, 6.07) is 1.75. The van der Waals surface area contributed by atoms with Crippen molar-refractivity contribution < 1.29 is 33.5 Å². The van der Waals surface area contributed by atoms with Gasteiger partial charge in [0.15, 0.2) is 0 Å². The number of esters is 1. The number of carboxylic acids is 1. The molecule has 1 N–H and O–H groups in total. The standard InChI is InChI=1S/C15H16FNO7/c1-2-23-15(20)6-5-10-8-11(16)12(17(21)22)9-13(10)24-7-3-4-14(18)19/h5-6,8-9H,2-4,7H2,1H3,(H,18,19). The van der Waals surface area contributed by atoms with E-state index in [9.17, 15) is 24.1 Å². The fraction of sp³-hybridized carbons (Fsp3) is 0.333. The average molecular weight is 341 g/mol. The molecule has 0 fully saturated rings. The molecule has 0 aliphatic carbocycles. The van der Waals surface area contributed by atoms with Gasteiger partial charge in [0.1, 0.15) is 5.75 Å². The van der Waals surface area contributed by atoms with Gasteiger partial charge < -0.3 is 14.6 Å². The van der Waals surface area contributed by atoms with E-state index in [1.807, 2.05) is 0 Å². The molecule has 0 spiro atoms. The first-order chi connectivity index (χ1) is 11.3. The van der Waals surface area contributed by atoms with Crippen molar-refractivity contribution in [3.8, 4) is 5.75 Å². The van der Waals surface area contributed by atoms with E-state index >= 15 is 0 Å². The first kappa shape index (κ1) is 19.1. The summed E-state index contributed by atoms with van der Waals surface area (Å²) in [5, 5.41) is 19.4. The van der Waals surface area contributed by atoms with Crippen molar-refractivity contribution >= 4 is 23.7 Å². The number of benzene rings is 1. The monoisotopic (exact) mass is 341 g/mol. The van der Waals surface area contributed by atoms with Crippen LogP contribution in [-0.2, 0) is 14.3 Å². The van der Waals surface area contributed by atoms with Crippen LogP contribution in [0.2, 0.25) is 0 Å². The predicted octanol–water partition coefficient (Wildman–Crippen LogP) is 2.55. The number of hydrogen-bond donors (Lipinski definition) is 1. The molecule has 0 aliphatic heterocycles. The molecule has 1 aromatic rings. The Morgan fingerprint density at radius 1 is 1.42 bits per heavy atom. The number of rotatable bonds is 9. The third kappa shape index (κ3) is 6.03. The zero-order valence-corrected chi connectivity index (χ0v) is 12.9. The number of aliphatic carboxylic acids is 1. The number of ether oxygens (including phenoxy) is 2. The van der Waals surface area contributed by atoms with E-state index < -0.39 is 28.4 Å². The summed E-state index contributed by atoms with van der Waals surface area (Å²) < 4.78 is 23.7. The highest BCUT2D eigenvalue weighted by Crippen LogP contribution is 2.29. The highest BCUT2D eigenvalue weighted by molar-refractivity contribution is 5.87. The maximum atomic E-state index is 13.7. The quantitative estimate of drug-likeness (QED) is 0.241. The largest absolute Gasteiger partial charge is 0.493 e. The summed E-state index contributed by atoms with van der Waals surface area (Å²) >= 11 is 0. The van der Waals surface area contributed by atoms with Gasteiger partial charge in [0.05, 0.1) is 24.2 Å². The Bertz CT molecular complexity index is 657. The van der Waals surface area contributed by atoms with E-state index in [1.165, 1.54) is 6.08 Å². The van der Waals surface area contributed by atoms with Gasteiger partial charge in [-0.2, -0.15) is 4.39 Å². The molecule has 0 unspecified atom stereocenters. The Morgan fingerprint density at radius 3 is 2.71 bits per heavy atom. The van der Waals surface area contributed by atoms with Crippen LogP contribution in [0.1, 0.15) is 25.3 Å². The summed E-state index contributed by atoms with van der Waals surface area (Å²) in [6.45, 7) is 1.75. The lowest BCUT2D eigenvalue weighted by atomic mass is 10.1. The van der Waals surface area contributed by atoms with Crippen molar-refractivity contribution in [2.45, 2.75) is 19.8 Å². The molecule has 1 aromatic carbocycles. The number of halogens is 1. The summed E-state index contributed by atoms with van der Waals surface area (Å²) in [5.74, 6) is -2.78. The van der Waals surface area contributed by atoms with Crippen LogP contribution in [0.25, 0.3) is 6.08 Å². The molecule has 0 heterocycles. The number of hydrogen-bond acceptors (Lipinski definition) is 6. The second kappa shape index (κ2) is 9.23. The third-order valence-corrected chi connectivity index (χ3v) is 2.75. The van der Waals surface area contributed by atoms with E-state index in [4.69, 9.17) is 9.84 Å². The molecular weight excluding hydrogens is 325 g/mol. The lowest BCUT2D eigenvalue weighted by Crippen LogP contribution is -2.04. The number of nitro benzene ring substituents is 1. The molecule has 130 valence electrons. The summed E-state index contributed by atoms with van der Waals surface area (Å²) in [7, 11) is 0. The maximum absolute atomic E-state index is 13.7. The van der Waals surface area contributed by atoms with Gasteiger partial charge in [0.2, 0.25) is 5.82 Å². The minimum atomic E-state index is -1.08. The normalized spacial score (nSPS) is 10.6. The van der Waals surface area contributed by atoms with Crippen LogP contribution in [0, 0.1) is 15.9 Å². The first-order valence-corrected chi connectivity index (χ1v) is 7.02. The van der Waals surface area contributed by atoms with Gasteiger partial charge in [0.25, 0.3) is 0 Å². The van der Waals surface area contributed by atoms with Crippen molar-refractivity contribution in [2.75, 3.05) is 13.2 Å². The molecule has 0 aromatic heterocycles. The van der Waals surface area contributed by atoms with Crippen LogP contribution in [0.15, 0.2) is 18.2 Å². The Morgan fingerprint density at radius 2 is 2.12 bits per heavy atom. The molecule has 9 heteroatoms. The molecule has 0 atom stereocenters. The van der Waals surface area contributed by atoms with Crippen LogP contribution in [0.5, 0.6) is 5.75 Å². The topological polar surface area (TPSA) is 116 Å². The van der Waals surface area contributed by atoms with Gasteiger partial charge in [-0.05, 0) is 25.5 Å².